The van der Waals surface area contributed by atoms with Gasteiger partial charge in [0, 0.05) is 54.4 Å². The molecule has 40 heavy (non-hydrogen) atoms. The second-order valence-electron chi connectivity index (χ2n) is 9.36. The number of para-hydroxylation sites is 2. The van der Waals surface area contributed by atoms with Crippen LogP contribution in [0.5, 0.6) is 11.5 Å². The molecule has 2 fully saturated rings. The predicted octanol–water partition coefficient (Wildman–Crippen LogP) is 4.95. The molecule has 0 aromatic heterocycles. The molecule has 0 unspecified atom stereocenters. The van der Waals surface area contributed by atoms with Gasteiger partial charge in [0.25, 0.3) is 0 Å². The number of nitrogens with one attached hydrogen (secondary N) is 2. The number of phenols is 2. The van der Waals surface area contributed by atoms with Gasteiger partial charge in [-0.3, -0.25) is 10.9 Å². The van der Waals surface area contributed by atoms with Crippen LogP contribution in [0.2, 0.25) is 0 Å². The van der Waals surface area contributed by atoms with Crippen LogP contribution in [0.1, 0.15) is 63.5 Å². The Balaban J connectivity index is 0.000000381. The topological polar surface area (TPSA) is 95.7 Å². The van der Waals surface area contributed by atoms with E-state index >= 15 is 0 Å². The average Bonchev–Trinajstić information content (AvgIpc) is 2.96. The molecule has 2 aliphatic rings. The first-order valence-electron chi connectivity index (χ1n) is 13.1. The number of rotatable bonds is 4. The third-order valence-electron chi connectivity index (χ3n) is 6.51. The first-order chi connectivity index (χ1) is 18.4. The zero-order valence-electron chi connectivity index (χ0n) is 22.8. The van der Waals surface area contributed by atoms with E-state index in [4.69, 9.17) is 24.4 Å². The normalized spacial score (nSPS) is 15.4. The van der Waals surface area contributed by atoms with Crippen LogP contribution in [0.15, 0.2) is 58.7 Å². The Bertz CT molecular complexity index is 1060. The third kappa shape index (κ3) is 11.4. The monoisotopic (exact) mass is 680 g/mol. The van der Waals surface area contributed by atoms with Gasteiger partial charge in [0.1, 0.15) is 11.5 Å². The molecule has 12 heteroatoms. The fraction of sp³-hybridized carbons (Fsp3) is 0.429. The molecule has 224 valence electrons. The van der Waals surface area contributed by atoms with Crippen LogP contribution in [-0.4, -0.2) is 67.8 Å². The summed E-state index contributed by atoms with van der Waals surface area (Å²) in [5.74, 6) is 0.462. The number of hydrogen-bond donors (Lipinski definition) is 4. The summed E-state index contributed by atoms with van der Waals surface area (Å²) < 4.78 is 0. The molecule has 0 spiro atoms. The zero-order valence-corrected chi connectivity index (χ0v) is 26.3. The van der Waals surface area contributed by atoms with Crippen molar-refractivity contribution < 1.29 is 44.4 Å². The summed E-state index contributed by atoms with van der Waals surface area (Å²) in [5, 5.41) is 29.3. The van der Waals surface area contributed by atoms with Crippen molar-refractivity contribution in [2.75, 3.05) is 26.2 Å². The Labute approximate surface area is 269 Å². The summed E-state index contributed by atoms with van der Waals surface area (Å²) in [6.45, 7) is 7.68. The Morgan fingerprint density at radius 1 is 0.650 bits per heavy atom. The van der Waals surface area contributed by atoms with Gasteiger partial charge in [0.05, 0.1) is 11.4 Å². The van der Waals surface area contributed by atoms with Gasteiger partial charge in [-0.05, 0) is 101 Å². The minimum absolute atomic E-state index is 0. The average molecular weight is 682 g/mol. The molecular weight excluding hydrogens is 644 g/mol. The second-order valence-corrected chi connectivity index (χ2v) is 10.1. The van der Waals surface area contributed by atoms with E-state index in [-0.39, 0.29) is 45.6 Å². The molecule has 4 N–H and O–H groups in total. The standard InChI is InChI=1S/2C14H19N3OS.2Cu/c2*1-11(12-7-3-4-8-13(12)18)15-16-14(19)17-9-5-2-6-10-17;;/h2*3-4,7-8,18H,2,5-6,9-10H2,1H3,(H,16,19);;/q;;;+2/b2*15-11+;;. The van der Waals surface area contributed by atoms with Crippen molar-refractivity contribution in [3.05, 3.63) is 59.7 Å². The number of hydrazone groups is 2. The number of likely N-dealkylation sites (tertiary alicyclic amines) is 2. The second kappa shape index (κ2) is 19.0. The summed E-state index contributed by atoms with van der Waals surface area (Å²) in [7, 11) is 0. The largest absolute Gasteiger partial charge is 2.00 e. The van der Waals surface area contributed by atoms with Gasteiger partial charge < -0.3 is 20.0 Å². The minimum atomic E-state index is 0. The molecule has 2 saturated heterocycles. The van der Waals surface area contributed by atoms with Crippen molar-refractivity contribution in [3.8, 4) is 11.5 Å². The van der Waals surface area contributed by atoms with Gasteiger partial charge in [0.15, 0.2) is 10.2 Å². The maximum absolute atomic E-state index is 9.74. The molecule has 0 saturated carbocycles. The molecule has 4 rings (SSSR count). The number of nitrogens with zero attached hydrogens (tertiary/aromatic N) is 4. The number of thiocarbonyl (C=S) groups is 2. The van der Waals surface area contributed by atoms with Gasteiger partial charge in [-0.25, -0.2) is 0 Å². The number of phenolic OH excluding ortho intramolecular Hbond substituents is 2. The van der Waals surface area contributed by atoms with Crippen molar-refractivity contribution in [1.29, 1.82) is 0 Å². The molecule has 0 atom stereocenters. The van der Waals surface area contributed by atoms with Crippen LogP contribution in [0, 0.1) is 0 Å². The van der Waals surface area contributed by atoms with Gasteiger partial charge in [-0.15, -0.1) is 0 Å². The summed E-state index contributed by atoms with van der Waals surface area (Å²) >= 11 is 10.6. The van der Waals surface area contributed by atoms with E-state index in [2.05, 4.69) is 30.9 Å². The third-order valence-corrected chi connectivity index (χ3v) is 7.21. The Morgan fingerprint density at radius 3 is 1.30 bits per heavy atom. The van der Waals surface area contributed by atoms with Crippen LogP contribution in [0.25, 0.3) is 0 Å². The van der Waals surface area contributed by atoms with E-state index in [1.54, 1.807) is 24.3 Å². The molecule has 2 radical (unpaired) electrons. The van der Waals surface area contributed by atoms with Crippen molar-refractivity contribution >= 4 is 46.1 Å². The van der Waals surface area contributed by atoms with E-state index in [1.807, 2.05) is 38.1 Å². The molecule has 2 aromatic rings. The van der Waals surface area contributed by atoms with Gasteiger partial charge in [0.2, 0.25) is 0 Å². The van der Waals surface area contributed by atoms with Crippen LogP contribution < -0.4 is 10.9 Å². The number of hydrogen-bond acceptors (Lipinski definition) is 6. The van der Waals surface area contributed by atoms with E-state index in [9.17, 15) is 10.2 Å². The maximum Gasteiger partial charge on any atom is 2.00 e. The van der Waals surface area contributed by atoms with Crippen LogP contribution in [-0.2, 0) is 34.1 Å². The summed E-state index contributed by atoms with van der Waals surface area (Å²) in [4.78, 5) is 4.28. The Kier molecular flexibility index (Phi) is 17.0. The molecule has 0 bridgehead atoms. The smallest absolute Gasteiger partial charge is 0.507 e. The molecule has 2 aromatic carbocycles. The van der Waals surface area contributed by atoms with E-state index in [1.165, 1.54) is 38.5 Å². The Morgan fingerprint density at radius 2 is 0.975 bits per heavy atom. The van der Waals surface area contributed by atoms with E-state index in [0.717, 1.165) is 48.7 Å². The van der Waals surface area contributed by atoms with Crippen LogP contribution >= 0.6 is 24.4 Å². The van der Waals surface area contributed by atoms with Crippen molar-refractivity contribution in [2.45, 2.75) is 52.4 Å². The molecule has 0 amide bonds. The predicted molar refractivity (Wildman–Crippen MR) is 163 cm³/mol. The molecule has 8 nitrogen and oxygen atoms in total. The summed E-state index contributed by atoms with van der Waals surface area (Å²) in [6.07, 6.45) is 7.29. The molecule has 0 aliphatic carbocycles. The number of aromatic hydroxyl groups is 2. The van der Waals surface area contributed by atoms with Crippen LogP contribution in [0.3, 0.4) is 0 Å². The van der Waals surface area contributed by atoms with Crippen LogP contribution in [0.4, 0.5) is 0 Å². The number of benzene rings is 2. The molecule has 2 aliphatic heterocycles. The first kappa shape index (κ1) is 35.8. The zero-order chi connectivity index (χ0) is 27.3. The van der Waals surface area contributed by atoms with Gasteiger partial charge in [-0.2, -0.15) is 10.2 Å². The van der Waals surface area contributed by atoms with Gasteiger partial charge in [-0.1, -0.05) is 24.3 Å². The summed E-state index contributed by atoms with van der Waals surface area (Å²) in [5.41, 5.74) is 8.70. The number of piperidine rings is 2. The van der Waals surface area contributed by atoms with Gasteiger partial charge >= 0.3 is 17.1 Å². The molecular formula is C28H38Cu2N6O2S2+2. The van der Waals surface area contributed by atoms with Crippen molar-refractivity contribution in [1.82, 2.24) is 20.7 Å². The van der Waals surface area contributed by atoms with E-state index < -0.39 is 0 Å². The molecule has 2 heterocycles. The SMILES string of the molecule is C/C(=N\NC(=S)N1CCCCC1)c1ccccc1O.C/C(=N\NC(=S)N1CCCCC1)c1ccccc1O.[Cu+2].[Cu]. The fourth-order valence-electron chi connectivity index (χ4n) is 4.28. The van der Waals surface area contributed by atoms with Crippen molar-refractivity contribution in [2.24, 2.45) is 10.2 Å². The van der Waals surface area contributed by atoms with Crippen molar-refractivity contribution in [3.63, 3.8) is 0 Å². The summed E-state index contributed by atoms with van der Waals surface area (Å²) in [6, 6.07) is 14.3. The van der Waals surface area contributed by atoms with E-state index in [0.29, 0.717) is 10.2 Å². The Hall–Kier alpha value is -2.20. The first-order valence-corrected chi connectivity index (χ1v) is 13.9. The quantitative estimate of drug-likeness (QED) is 0.156. The maximum atomic E-state index is 9.74. The fourth-order valence-corrected chi connectivity index (χ4v) is 4.73. The minimum Gasteiger partial charge on any atom is -0.507 e.